The first-order valence-electron chi connectivity index (χ1n) is 6.93. The first kappa shape index (κ1) is 14.9. The van der Waals surface area contributed by atoms with Crippen LogP contribution in [0, 0.1) is 11.7 Å². The van der Waals surface area contributed by atoms with Crippen LogP contribution in [0.2, 0.25) is 0 Å². The number of nitrogens with zero attached hydrogens (tertiary/aromatic N) is 1. The summed E-state index contributed by atoms with van der Waals surface area (Å²) in [5, 5.41) is 3.28. The van der Waals surface area contributed by atoms with Crippen molar-refractivity contribution in [3.63, 3.8) is 0 Å². The molecule has 0 aromatic heterocycles. The molecule has 1 fully saturated rings. The van der Waals surface area contributed by atoms with Crippen molar-refractivity contribution in [2.45, 2.75) is 25.3 Å². The molecule has 106 valence electrons. The average Bonchev–Trinajstić information content (AvgIpc) is 2.55. The fraction of sp³-hybridized carbons (Fsp3) is 0.600. The molecule has 1 aromatic carbocycles. The van der Waals surface area contributed by atoms with Gasteiger partial charge in [-0.25, -0.2) is 4.39 Å². The van der Waals surface area contributed by atoms with Crippen molar-refractivity contribution in [2.75, 3.05) is 27.2 Å². The Morgan fingerprint density at radius 3 is 2.95 bits per heavy atom. The van der Waals surface area contributed by atoms with Gasteiger partial charge in [0.25, 0.3) is 0 Å². The summed E-state index contributed by atoms with van der Waals surface area (Å²) in [4.78, 5) is 2.37. The van der Waals surface area contributed by atoms with E-state index in [4.69, 9.17) is 0 Å². The number of hydrogen-bond acceptors (Lipinski definition) is 2. The molecule has 0 aliphatic carbocycles. The molecule has 0 saturated carbocycles. The van der Waals surface area contributed by atoms with E-state index >= 15 is 0 Å². The van der Waals surface area contributed by atoms with Crippen molar-refractivity contribution in [1.82, 2.24) is 10.2 Å². The van der Waals surface area contributed by atoms with Gasteiger partial charge in [0.2, 0.25) is 0 Å². The van der Waals surface area contributed by atoms with Gasteiger partial charge in [-0.15, -0.1) is 0 Å². The van der Waals surface area contributed by atoms with Gasteiger partial charge < -0.3 is 5.32 Å². The Labute approximate surface area is 123 Å². The quantitative estimate of drug-likeness (QED) is 0.912. The summed E-state index contributed by atoms with van der Waals surface area (Å²) in [6.45, 7) is 2.05. The number of rotatable bonds is 3. The molecular formula is C15H22BrFN2. The molecule has 0 amide bonds. The maximum atomic E-state index is 13.6. The largest absolute Gasteiger partial charge is 0.319 e. The third-order valence-corrected chi connectivity index (χ3v) is 4.72. The van der Waals surface area contributed by atoms with Crippen molar-refractivity contribution >= 4 is 15.9 Å². The summed E-state index contributed by atoms with van der Waals surface area (Å²) >= 11 is 3.58. The summed E-state index contributed by atoms with van der Waals surface area (Å²) in [6.07, 6.45) is 3.67. The third-order valence-electron chi connectivity index (χ3n) is 4.00. The van der Waals surface area contributed by atoms with Gasteiger partial charge in [-0.1, -0.05) is 22.4 Å². The van der Waals surface area contributed by atoms with Crippen LogP contribution >= 0.6 is 15.9 Å². The summed E-state index contributed by atoms with van der Waals surface area (Å²) in [7, 11) is 4.14. The second-order valence-electron chi connectivity index (χ2n) is 5.40. The van der Waals surface area contributed by atoms with Crippen LogP contribution < -0.4 is 5.32 Å². The lowest BCUT2D eigenvalue weighted by Gasteiger charge is -2.33. The Balaban J connectivity index is 2.36. The Bertz CT molecular complexity index is 425. The number of likely N-dealkylation sites (tertiary alicyclic amines) is 1. The predicted octanol–water partition coefficient (Wildman–Crippen LogP) is 3.58. The first-order valence-corrected chi connectivity index (χ1v) is 7.72. The summed E-state index contributed by atoms with van der Waals surface area (Å²) in [5.41, 5.74) is 1.07. The summed E-state index contributed by atoms with van der Waals surface area (Å²) in [6, 6.07) is 5.29. The van der Waals surface area contributed by atoms with Gasteiger partial charge in [0, 0.05) is 10.5 Å². The molecule has 0 spiro atoms. The molecule has 0 radical (unpaired) electrons. The van der Waals surface area contributed by atoms with Crippen LogP contribution in [-0.2, 0) is 0 Å². The Kier molecular flexibility index (Phi) is 5.37. The number of halogens is 2. The molecule has 1 aromatic rings. The molecule has 1 aliphatic heterocycles. The fourth-order valence-corrected chi connectivity index (χ4v) is 3.61. The minimum Gasteiger partial charge on any atom is -0.319 e. The van der Waals surface area contributed by atoms with Crippen molar-refractivity contribution in [2.24, 2.45) is 5.92 Å². The van der Waals surface area contributed by atoms with E-state index in [2.05, 4.69) is 33.2 Å². The van der Waals surface area contributed by atoms with E-state index in [1.165, 1.54) is 25.3 Å². The van der Waals surface area contributed by atoms with Crippen LogP contribution in [0.5, 0.6) is 0 Å². The zero-order chi connectivity index (χ0) is 13.8. The van der Waals surface area contributed by atoms with Crippen molar-refractivity contribution < 1.29 is 4.39 Å². The van der Waals surface area contributed by atoms with Gasteiger partial charge in [0.05, 0.1) is 0 Å². The van der Waals surface area contributed by atoms with E-state index in [1.54, 1.807) is 6.07 Å². The van der Waals surface area contributed by atoms with Crippen LogP contribution in [0.25, 0.3) is 0 Å². The molecule has 19 heavy (non-hydrogen) atoms. The molecule has 0 bridgehead atoms. The van der Waals surface area contributed by atoms with Gasteiger partial charge in [-0.05, 0) is 69.7 Å². The monoisotopic (exact) mass is 328 g/mol. The summed E-state index contributed by atoms with van der Waals surface area (Å²) < 4.78 is 14.6. The number of nitrogens with one attached hydrogen (secondary N) is 1. The van der Waals surface area contributed by atoms with Gasteiger partial charge in [0.1, 0.15) is 5.82 Å². The summed E-state index contributed by atoms with van der Waals surface area (Å²) in [5.74, 6) is 0.370. The topological polar surface area (TPSA) is 15.3 Å². The highest BCUT2D eigenvalue weighted by molar-refractivity contribution is 9.10. The molecule has 2 unspecified atom stereocenters. The van der Waals surface area contributed by atoms with E-state index in [0.717, 1.165) is 23.1 Å². The maximum absolute atomic E-state index is 13.6. The Hall–Kier alpha value is -0.450. The van der Waals surface area contributed by atoms with E-state index in [1.807, 2.05) is 13.1 Å². The van der Waals surface area contributed by atoms with Crippen molar-refractivity contribution in [3.05, 3.63) is 34.1 Å². The molecule has 1 heterocycles. The molecule has 1 saturated heterocycles. The standard InChI is InChI=1S/C15H22BrFN2/c1-18-10-11-5-3-4-8-19(2)15(11)13-9-12(17)6-7-14(13)16/h6-7,9,11,15,18H,3-5,8,10H2,1-2H3. The highest BCUT2D eigenvalue weighted by atomic mass is 79.9. The zero-order valence-corrected chi connectivity index (χ0v) is 13.2. The predicted molar refractivity (Wildman–Crippen MR) is 80.7 cm³/mol. The molecule has 4 heteroatoms. The zero-order valence-electron chi connectivity index (χ0n) is 11.6. The average molecular weight is 329 g/mol. The van der Waals surface area contributed by atoms with Crippen LogP contribution in [0.1, 0.15) is 30.9 Å². The highest BCUT2D eigenvalue weighted by Gasteiger charge is 2.30. The first-order chi connectivity index (χ1) is 9.13. The maximum Gasteiger partial charge on any atom is 0.123 e. The van der Waals surface area contributed by atoms with Crippen molar-refractivity contribution in [3.8, 4) is 0 Å². The minimum atomic E-state index is -0.154. The lowest BCUT2D eigenvalue weighted by Crippen LogP contribution is -2.34. The van der Waals surface area contributed by atoms with Crippen LogP contribution in [0.3, 0.4) is 0 Å². The molecule has 2 rings (SSSR count). The molecule has 1 N–H and O–H groups in total. The minimum absolute atomic E-state index is 0.154. The number of benzene rings is 1. The molecule has 1 aliphatic rings. The molecular weight excluding hydrogens is 307 g/mol. The molecule has 2 nitrogen and oxygen atoms in total. The van der Waals surface area contributed by atoms with E-state index < -0.39 is 0 Å². The SMILES string of the molecule is CNCC1CCCCN(C)C1c1cc(F)ccc1Br. The van der Waals surface area contributed by atoms with E-state index in [9.17, 15) is 4.39 Å². The fourth-order valence-electron chi connectivity index (χ4n) is 3.13. The van der Waals surface area contributed by atoms with Gasteiger partial charge in [-0.3, -0.25) is 4.90 Å². The second-order valence-corrected chi connectivity index (χ2v) is 6.26. The highest BCUT2D eigenvalue weighted by Crippen LogP contribution is 2.37. The van der Waals surface area contributed by atoms with Gasteiger partial charge in [0.15, 0.2) is 0 Å². The third kappa shape index (κ3) is 3.56. The van der Waals surface area contributed by atoms with Crippen LogP contribution in [0.4, 0.5) is 4.39 Å². The van der Waals surface area contributed by atoms with Crippen molar-refractivity contribution in [1.29, 1.82) is 0 Å². The van der Waals surface area contributed by atoms with E-state index in [-0.39, 0.29) is 11.9 Å². The van der Waals surface area contributed by atoms with Gasteiger partial charge in [-0.2, -0.15) is 0 Å². The Morgan fingerprint density at radius 1 is 1.42 bits per heavy atom. The van der Waals surface area contributed by atoms with Crippen LogP contribution in [0.15, 0.2) is 22.7 Å². The smallest absolute Gasteiger partial charge is 0.123 e. The van der Waals surface area contributed by atoms with Gasteiger partial charge >= 0.3 is 0 Å². The lowest BCUT2D eigenvalue weighted by molar-refractivity contribution is 0.190. The Morgan fingerprint density at radius 2 is 2.21 bits per heavy atom. The van der Waals surface area contributed by atoms with Crippen LogP contribution in [-0.4, -0.2) is 32.1 Å². The number of hydrogen-bond donors (Lipinski definition) is 1. The lowest BCUT2D eigenvalue weighted by atomic mass is 9.89. The van der Waals surface area contributed by atoms with E-state index in [0.29, 0.717) is 5.92 Å². The molecule has 2 atom stereocenters. The second kappa shape index (κ2) is 6.82. The normalized spacial score (nSPS) is 25.3.